The molecule has 0 spiro atoms. The molecule has 29 heavy (non-hydrogen) atoms. The van der Waals surface area contributed by atoms with Crippen molar-refractivity contribution in [1.29, 1.82) is 0 Å². The topological polar surface area (TPSA) is 65.0 Å². The molecule has 2 aliphatic heterocycles. The SMILES string of the molecule is CC(C)C1CCCCC1.CC1(C)CCC(OC(=O)[C@H]2CO[C@@H]3C(O)CO[C@H]23)CC1. The number of carbonyl (C=O) groups excluding carboxylic acids is 1. The summed E-state index contributed by atoms with van der Waals surface area (Å²) in [6, 6.07) is 0. The average molecular weight is 411 g/mol. The van der Waals surface area contributed by atoms with Crippen molar-refractivity contribution in [2.24, 2.45) is 23.2 Å². The lowest BCUT2D eigenvalue weighted by molar-refractivity contribution is -0.159. The molecule has 0 bridgehead atoms. The highest BCUT2D eigenvalue weighted by atomic mass is 16.6. The molecule has 2 aliphatic carbocycles. The van der Waals surface area contributed by atoms with Gasteiger partial charge in [0.1, 0.15) is 30.3 Å². The van der Waals surface area contributed by atoms with Gasteiger partial charge in [-0.25, -0.2) is 0 Å². The molecule has 1 unspecified atom stereocenters. The van der Waals surface area contributed by atoms with Crippen molar-refractivity contribution in [3.8, 4) is 0 Å². The van der Waals surface area contributed by atoms with Gasteiger partial charge >= 0.3 is 5.97 Å². The van der Waals surface area contributed by atoms with Gasteiger partial charge in [0, 0.05) is 0 Å². The van der Waals surface area contributed by atoms with E-state index in [0.717, 1.165) is 37.5 Å². The normalized spacial score (nSPS) is 35.1. The lowest BCUT2D eigenvalue weighted by Crippen LogP contribution is -2.36. The van der Waals surface area contributed by atoms with E-state index in [2.05, 4.69) is 27.7 Å². The Balaban J connectivity index is 0.000000224. The lowest BCUT2D eigenvalue weighted by atomic mass is 9.76. The Morgan fingerprint density at radius 2 is 1.59 bits per heavy atom. The van der Waals surface area contributed by atoms with Gasteiger partial charge in [0.25, 0.3) is 0 Å². The fraction of sp³-hybridized carbons (Fsp3) is 0.958. The molecule has 2 saturated heterocycles. The number of aliphatic hydroxyl groups excluding tert-OH is 1. The van der Waals surface area contributed by atoms with Gasteiger partial charge in [-0.3, -0.25) is 4.79 Å². The highest BCUT2D eigenvalue weighted by Crippen LogP contribution is 2.37. The molecule has 2 heterocycles. The fourth-order valence-electron chi connectivity index (χ4n) is 5.22. The van der Waals surface area contributed by atoms with Crippen molar-refractivity contribution in [3.63, 3.8) is 0 Å². The molecule has 1 N–H and O–H groups in total. The third-order valence-corrected chi connectivity index (χ3v) is 7.49. The number of aliphatic hydroxyl groups is 1. The fourth-order valence-corrected chi connectivity index (χ4v) is 5.22. The van der Waals surface area contributed by atoms with E-state index < -0.39 is 6.10 Å². The summed E-state index contributed by atoms with van der Waals surface area (Å²) in [5, 5.41) is 9.68. The second-order valence-electron chi connectivity index (χ2n) is 10.7. The zero-order valence-electron chi connectivity index (χ0n) is 18.9. The minimum Gasteiger partial charge on any atom is -0.462 e. The maximum Gasteiger partial charge on any atom is 0.314 e. The molecular formula is C24H42O5. The minimum atomic E-state index is -0.617. The molecule has 168 valence electrons. The van der Waals surface area contributed by atoms with Gasteiger partial charge in [0.2, 0.25) is 0 Å². The van der Waals surface area contributed by atoms with Gasteiger partial charge in [-0.15, -0.1) is 0 Å². The smallest absolute Gasteiger partial charge is 0.314 e. The average Bonchev–Trinajstić information content (AvgIpc) is 3.28. The zero-order chi connectivity index (χ0) is 21.0. The standard InChI is InChI=1S/C15H24O5.C9H18/c1-15(2)5-3-9(4-6-15)20-14(17)10-7-18-13-11(16)8-19-12(10)13;1-8(2)9-6-4-3-5-7-9/h9-13,16H,3-8H2,1-2H3;8-9H,3-7H2,1-2H3/t10-,11?,12+,13+;/m0./s1. The first-order valence-electron chi connectivity index (χ1n) is 11.9. The first-order chi connectivity index (χ1) is 13.8. The number of hydrogen-bond acceptors (Lipinski definition) is 5. The van der Waals surface area contributed by atoms with Gasteiger partial charge in [0.05, 0.1) is 13.2 Å². The molecule has 2 saturated carbocycles. The van der Waals surface area contributed by atoms with Crippen molar-refractivity contribution in [2.75, 3.05) is 13.2 Å². The van der Waals surface area contributed by atoms with Crippen molar-refractivity contribution in [3.05, 3.63) is 0 Å². The summed E-state index contributed by atoms with van der Waals surface area (Å²) in [6.45, 7) is 9.77. The summed E-state index contributed by atoms with van der Waals surface area (Å²) in [5.41, 5.74) is 0.364. The summed E-state index contributed by atoms with van der Waals surface area (Å²) < 4.78 is 16.6. The molecule has 5 heteroatoms. The van der Waals surface area contributed by atoms with E-state index in [4.69, 9.17) is 14.2 Å². The Kier molecular flexibility index (Phi) is 8.02. The van der Waals surface area contributed by atoms with Gasteiger partial charge < -0.3 is 19.3 Å². The van der Waals surface area contributed by atoms with Crippen LogP contribution in [0.25, 0.3) is 0 Å². The highest BCUT2D eigenvalue weighted by molar-refractivity contribution is 5.74. The third-order valence-electron chi connectivity index (χ3n) is 7.49. The maximum atomic E-state index is 12.3. The molecule has 5 nitrogen and oxygen atoms in total. The summed E-state index contributed by atoms with van der Waals surface area (Å²) in [4.78, 5) is 12.3. The predicted molar refractivity (Wildman–Crippen MR) is 113 cm³/mol. The first-order valence-corrected chi connectivity index (χ1v) is 11.9. The van der Waals surface area contributed by atoms with Crippen LogP contribution in [0.15, 0.2) is 0 Å². The molecule has 0 radical (unpaired) electrons. The second-order valence-corrected chi connectivity index (χ2v) is 10.7. The van der Waals surface area contributed by atoms with Crippen molar-refractivity contribution in [2.45, 2.75) is 110 Å². The summed E-state index contributed by atoms with van der Waals surface area (Å²) >= 11 is 0. The molecule has 4 rings (SSSR count). The Morgan fingerprint density at radius 1 is 0.966 bits per heavy atom. The number of hydrogen-bond donors (Lipinski definition) is 1. The van der Waals surface area contributed by atoms with Crippen LogP contribution in [0.1, 0.15) is 85.5 Å². The number of carbonyl (C=O) groups is 1. The monoisotopic (exact) mass is 410 g/mol. The maximum absolute atomic E-state index is 12.3. The molecule has 0 aromatic carbocycles. The third kappa shape index (κ3) is 6.18. The van der Waals surface area contributed by atoms with Crippen LogP contribution in [0.5, 0.6) is 0 Å². The summed E-state index contributed by atoms with van der Waals surface area (Å²) in [5.74, 6) is 1.38. The van der Waals surface area contributed by atoms with Gasteiger partial charge in [-0.2, -0.15) is 0 Å². The quantitative estimate of drug-likeness (QED) is 0.694. The largest absolute Gasteiger partial charge is 0.462 e. The number of fused-ring (bicyclic) bond motifs is 1. The molecule has 0 aromatic heterocycles. The summed E-state index contributed by atoms with van der Waals surface area (Å²) in [7, 11) is 0. The Morgan fingerprint density at radius 3 is 2.17 bits per heavy atom. The number of ether oxygens (including phenoxy) is 3. The van der Waals surface area contributed by atoms with E-state index >= 15 is 0 Å². The first kappa shape index (κ1) is 23.0. The second kappa shape index (κ2) is 10.1. The molecule has 0 amide bonds. The van der Waals surface area contributed by atoms with Crippen LogP contribution in [-0.2, 0) is 19.0 Å². The van der Waals surface area contributed by atoms with Crippen LogP contribution < -0.4 is 0 Å². The van der Waals surface area contributed by atoms with Crippen molar-refractivity contribution < 1.29 is 24.1 Å². The van der Waals surface area contributed by atoms with Crippen LogP contribution in [0.2, 0.25) is 0 Å². The van der Waals surface area contributed by atoms with Gasteiger partial charge in [-0.1, -0.05) is 59.8 Å². The van der Waals surface area contributed by atoms with Crippen molar-refractivity contribution in [1.82, 2.24) is 0 Å². The Labute approximate surface area is 176 Å². The minimum absolute atomic E-state index is 0.0286. The number of rotatable bonds is 3. The van der Waals surface area contributed by atoms with Crippen LogP contribution in [-0.4, -0.2) is 48.7 Å². The Hall–Kier alpha value is -0.650. The van der Waals surface area contributed by atoms with Gasteiger partial charge in [-0.05, 0) is 42.9 Å². The molecule has 4 atom stereocenters. The summed E-state index contributed by atoms with van der Waals surface area (Å²) in [6.07, 6.45) is 10.2. The molecular weight excluding hydrogens is 368 g/mol. The highest BCUT2D eigenvalue weighted by Gasteiger charge is 2.51. The van der Waals surface area contributed by atoms with E-state index in [1.165, 1.54) is 32.1 Å². The Bertz CT molecular complexity index is 515. The van der Waals surface area contributed by atoms with E-state index in [0.29, 0.717) is 12.0 Å². The lowest BCUT2D eigenvalue weighted by Gasteiger charge is -2.34. The van der Waals surface area contributed by atoms with E-state index in [1.807, 2.05) is 0 Å². The van der Waals surface area contributed by atoms with Crippen LogP contribution in [0.3, 0.4) is 0 Å². The number of esters is 1. The zero-order valence-corrected chi connectivity index (χ0v) is 18.9. The molecule has 0 aromatic rings. The van der Waals surface area contributed by atoms with Crippen LogP contribution in [0, 0.1) is 23.2 Å². The predicted octanol–water partition coefficient (Wildman–Crippen LogP) is 4.50. The van der Waals surface area contributed by atoms with E-state index in [1.54, 1.807) is 0 Å². The molecule has 4 aliphatic rings. The van der Waals surface area contributed by atoms with Gasteiger partial charge in [0.15, 0.2) is 0 Å². The van der Waals surface area contributed by atoms with Crippen LogP contribution >= 0.6 is 0 Å². The van der Waals surface area contributed by atoms with Crippen LogP contribution in [0.4, 0.5) is 0 Å². The molecule has 4 fully saturated rings. The van der Waals surface area contributed by atoms with E-state index in [9.17, 15) is 9.90 Å². The van der Waals surface area contributed by atoms with E-state index in [-0.39, 0.29) is 36.8 Å². The van der Waals surface area contributed by atoms with Crippen molar-refractivity contribution >= 4 is 5.97 Å².